The number of ether oxygens (including phenoxy) is 1. The van der Waals surface area contributed by atoms with Crippen LogP contribution in [0.3, 0.4) is 0 Å². The fourth-order valence-corrected chi connectivity index (χ4v) is 4.06. The van der Waals surface area contributed by atoms with Gasteiger partial charge in [-0.15, -0.1) is 0 Å². The van der Waals surface area contributed by atoms with E-state index < -0.39 is 11.4 Å². The molecule has 1 aliphatic carbocycles. The third-order valence-electron chi connectivity index (χ3n) is 6.12. The summed E-state index contributed by atoms with van der Waals surface area (Å²) in [6.07, 6.45) is 8.15. The van der Waals surface area contributed by atoms with E-state index in [1.165, 1.54) is 0 Å². The van der Waals surface area contributed by atoms with Crippen LogP contribution in [0, 0.1) is 0 Å². The molecule has 4 aromatic rings. The Morgan fingerprint density at radius 3 is 2.43 bits per heavy atom. The topological polar surface area (TPSA) is 115 Å². The van der Waals surface area contributed by atoms with E-state index >= 15 is 0 Å². The van der Waals surface area contributed by atoms with Gasteiger partial charge in [0.05, 0.1) is 41.4 Å². The fraction of sp³-hybridized carbons (Fsp3) is 0.269. The van der Waals surface area contributed by atoms with E-state index in [9.17, 15) is 9.90 Å². The third kappa shape index (κ3) is 4.44. The number of aliphatic carboxylic acids is 1. The second-order valence-corrected chi connectivity index (χ2v) is 8.96. The number of carbonyl (C=O) groups is 1. The van der Waals surface area contributed by atoms with Gasteiger partial charge in [-0.1, -0.05) is 30.3 Å². The Morgan fingerprint density at radius 2 is 1.80 bits per heavy atom. The van der Waals surface area contributed by atoms with Crippen molar-refractivity contribution in [3.05, 3.63) is 66.7 Å². The van der Waals surface area contributed by atoms with Crippen molar-refractivity contribution in [1.82, 2.24) is 24.7 Å². The van der Waals surface area contributed by atoms with E-state index in [-0.39, 0.29) is 6.10 Å². The number of carboxylic acids is 1. The molecule has 35 heavy (non-hydrogen) atoms. The molecule has 1 aliphatic rings. The minimum atomic E-state index is -0.748. The van der Waals surface area contributed by atoms with E-state index in [0.29, 0.717) is 24.5 Å². The summed E-state index contributed by atoms with van der Waals surface area (Å²) < 4.78 is 7.36. The van der Waals surface area contributed by atoms with Gasteiger partial charge in [0, 0.05) is 18.8 Å². The number of hydrogen-bond acceptors (Lipinski definition) is 7. The van der Waals surface area contributed by atoms with Crippen LogP contribution in [0.15, 0.2) is 61.2 Å². The maximum absolute atomic E-state index is 11.6. The summed E-state index contributed by atoms with van der Waals surface area (Å²) in [5.74, 6) is 0.967. The predicted octanol–water partition coefficient (Wildman–Crippen LogP) is 4.59. The lowest BCUT2D eigenvalue weighted by Crippen LogP contribution is -2.19. The quantitative estimate of drug-likeness (QED) is 0.384. The zero-order chi connectivity index (χ0) is 24.6. The molecule has 0 unspecified atom stereocenters. The number of benzene rings is 1. The summed E-state index contributed by atoms with van der Waals surface area (Å²) >= 11 is 0. The van der Waals surface area contributed by atoms with Crippen LogP contribution >= 0.6 is 0 Å². The number of aryl methyl sites for hydroxylation is 1. The summed E-state index contributed by atoms with van der Waals surface area (Å²) in [6, 6.07) is 11.7. The number of pyridine rings is 1. The molecule has 3 aromatic heterocycles. The van der Waals surface area contributed by atoms with Gasteiger partial charge in [0.2, 0.25) is 5.88 Å². The maximum Gasteiger partial charge on any atom is 0.314 e. The van der Waals surface area contributed by atoms with Gasteiger partial charge in [0.25, 0.3) is 0 Å². The van der Waals surface area contributed by atoms with Crippen LogP contribution in [0.5, 0.6) is 5.88 Å². The molecule has 0 bridgehead atoms. The van der Waals surface area contributed by atoms with Crippen molar-refractivity contribution in [2.24, 2.45) is 7.05 Å². The molecular formula is C26H26N6O3. The first-order valence-electron chi connectivity index (χ1n) is 11.4. The van der Waals surface area contributed by atoms with E-state index in [1.807, 2.05) is 63.5 Å². The van der Waals surface area contributed by atoms with Crippen LogP contribution in [0.4, 0.5) is 11.6 Å². The van der Waals surface area contributed by atoms with Crippen molar-refractivity contribution in [3.8, 4) is 28.3 Å². The molecule has 9 heteroatoms. The van der Waals surface area contributed by atoms with Crippen LogP contribution in [-0.4, -0.2) is 41.9 Å². The molecule has 0 radical (unpaired) electrons. The Balaban J connectivity index is 1.36. The molecule has 2 N–H and O–H groups in total. The van der Waals surface area contributed by atoms with Crippen LogP contribution < -0.4 is 10.1 Å². The highest BCUT2D eigenvalue weighted by Gasteiger charge is 2.51. The van der Waals surface area contributed by atoms with Crippen molar-refractivity contribution in [3.63, 3.8) is 0 Å². The zero-order valence-corrected chi connectivity index (χ0v) is 19.8. The highest BCUT2D eigenvalue weighted by atomic mass is 16.5. The lowest BCUT2D eigenvalue weighted by molar-refractivity contribution is -0.140. The first-order valence-corrected chi connectivity index (χ1v) is 11.4. The van der Waals surface area contributed by atoms with Crippen molar-refractivity contribution in [1.29, 1.82) is 0 Å². The molecule has 1 saturated carbocycles. The van der Waals surface area contributed by atoms with Gasteiger partial charge < -0.3 is 15.2 Å². The molecule has 9 nitrogen and oxygen atoms in total. The van der Waals surface area contributed by atoms with Crippen molar-refractivity contribution in [2.45, 2.75) is 38.2 Å². The lowest BCUT2D eigenvalue weighted by atomic mass is 9.94. The fourth-order valence-electron chi connectivity index (χ4n) is 4.06. The average molecular weight is 471 g/mol. The number of aromatic nitrogens is 5. The molecule has 3 heterocycles. The molecular weight excluding hydrogens is 444 g/mol. The van der Waals surface area contributed by atoms with Crippen molar-refractivity contribution >= 4 is 17.6 Å². The Kier molecular flexibility index (Phi) is 5.68. The van der Waals surface area contributed by atoms with Gasteiger partial charge in [0.15, 0.2) is 5.82 Å². The molecule has 5 rings (SSSR count). The number of anilines is 2. The lowest BCUT2D eigenvalue weighted by Gasteiger charge is -2.12. The second kappa shape index (κ2) is 8.83. The Labute approximate surface area is 202 Å². The van der Waals surface area contributed by atoms with Gasteiger partial charge in [-0.2, -0.15) is 10.1 Å². The molecule has 0 aliphatic heterocycles. The number of hydrogen-bond donors (Lipinski definition) is 2. The van der Waals surface area contributed by atoms with Crippen LogP contribution in [0.1, 0.15) is 32.3 Å². The van der Waals surface area contributed by atoms with Crippen molar-refractivity contribution < 1.29 is 14.6 Å². The predicted molar refractivity (Wildman–Crippen MR) is 132 cm³/mol. The third-order valence-corrected chi connectivity index (χ3v) is 6.12. The molecule has 0 amide bonds. The van der Waals surface area contributed by atoms with E-state index in [0.717, 1.165) is 33.8 Å². The van der Waals surface area contributed by atoms with Gasteiger partial charge in [-0.3, -0.25) is 19.4 Å². The molecule has 0 saturated heterocycles. The summed E-state index contributed by atoms with van der Waals surface area (Å²) in [7, 11) is 1.84. The van der Waals surface area contributed by atoms with Crippen LogP contribution in [-0.2, 0) is 17.3 Å². The number of carboxylic acid groups (broad SMARTS) is 1. The van der Waals surface area contributed by atoms with Crippen LogP contribution in [0.25, 0.3) is 22.4 Å². The molecule has 1 aromatic carbocycles. The zero-order valence-electron chi connectivity index (χ0n) is 19.8. The molecule has 0 atom stereocenters. The summed E-state index contributed by atoms with van der Waals surface area (Å²) in [6.45, 7) is 3.87. The molecule has 178 valence electrons. The minimum Gasteiger partial charge on any atom is -0.481 e. The highest BCUT2D eigenvalue weighted by molar-refractivity contribution is 5.85. The number of nitrogens with one attached hydrogen (secondary N) is 1. The summed E-state index contributed by atoms with van der Waals surface area (Å²) in [4.78, 5) is 24.9. The first kappa shape index (κ1) is 22.5. The first-order chi connectivity index (χ1) is 16.9. The van der Waals surface area contributed by atoms with E-state index in [2.05, 4.69) is 25.4 Å². The second-order valence-electron chi connectivity index (χ2n) is 8.96. The van der Waals surface area contributed by atoms with E-state index in [4.69, 9.17) is 4.74 Å². The monoisotopic (exact) mass is 470 g/mol. The van der Waals surface area contributed by atoms with Gasteiger partial charge in [0.1, 0.15) is 5.82 Å². The van der Waals surface area contributed by atoms with Gasteiger partial charge >= 0.3 is 5.97 Å². The highest BCUT2D eigenvalue weighted by Crippen LogP contribution is 2.48. The Morgan fingerprint density at radius 1 is 1.06 bits per heavy atom. The normalized spacial score (nSPS) is 14.1. The summed E-state index contributed by atoms with van der Waals surface area (Å²) in [5.41, 5.74) is 3.67. The van der Waals surface area contributed by atoms with Crippen LogP contribution in [0.2, 0.25) is 0 Å². The summed E-state index contributed by atoms with van der Waals surface area (Å²) in [5, 5.41) is 17.2. The number of nitrogens with zero attached hydrogens (tertiary/aromatic N) is 5. The standard InChI is InChI=1S/C26H26N6O3/c1-16(2)35-23-15-27-14-22(30-23)31-24-20(13-29-32(24)3)21-9-6-18(12-28-21)17-4-7-19(8-5-17)26(10-11-26)25(33)34/h4-9,12-16H,10-11H2,1-3H3,(H,30,31)(H,33,34). The van der Waals surface area contributed by atoms with Crippen molar-refractivity contribution in [2.75, 3.05) is 5.32 Å². The molecule has 1 fully saturated rings. The SMILES string of the molecule is CC(C)Oc1cncc(Nc2c(-c3ccc(-c4ccc(C5(C(=O)O)CC5)cc4)cn3)cnn2C)n1. The number of rotatable bonds is 8. The smallest absolute Gasteiger partial charge is 0.314 e. The maximum atomic E-state index is 11.6. The minimum absolute atomic E-state index is 0.00211. The Hall–Kier alpha value is -4.27. The van der Waals surface area contributed by atoms with Gasteiger partial charge in [-0.05, 0) is 43.9 Å². The average Bonchev–Trinajstić information content (AvgIpc) is 3.59. The molecule has 0 spiro atoms. The van der Waals surface area contributed by atoms with Gasteiger partial charge in [-0.25, -0.2) is 0 Å². The van der Waals surface area contributed by atoms with E-state index in [1.54, 1.807) is 23.3 Å². The largest absolute Gasteiger partial charge is 0.481 e. The Bertz CT molecular complexity index is 1360.